The molecule has 2 aromatic rings. The highest BCUT2D eigenvalue weighted by Gasteiger charge is 2.04. The number of rotatable bonds is 5. The number of halogens is 1. The number of carbonyl (C=O) groups is 1. The highest BCUT2D eigenvalue weighted by Crippen LogP contribution is 2.25. The summed E-state index contributed by atoms with van der Waals surface area (Å²) in [5.74, 6) is -0.420. The van der Waals surface area contributed by atoms with Crippen molar-refractivity contribution in [3.05, 3.63) is 70.3 Å². The van der Waals surface area contributed by atoms with E-state index in [1.54, 1.807) is 18.2 Å². The maximum Gasteiger partial charge on any atom is 0.328 e. The molecule has 0 aliphatic heterocycles. The molecule has 2 aromatic carbocycles. The van der Waals surface area contributed by atoms with Crippen LogP contribution < -0.4 is 4.74 Å². The van der Waals surface area contributed by atoms with Crippen molar-refractivity contribution in [2.45, 2.75) is 13.5 Å². The second kappa shape index (κ2) is 6.95. The van der Waals surface area contributed by atoms with Crippen molar-refractivity contribution in [3.63, 3.8) is 0 Å². The molecule has 2 rings (SSSR count). The Labute approximate surface area is 128 Å². The van der Waals surface area contributed by atoms with E-state index in [9.17, 15) is 4.79 Å². The Balaban J connectivity index is 2.15. The molecule has 3 nitrogen and oxygen atoms in total. The zero-order valence-electron chi connectivity index (χ0n) is 11.5. The first-order valence-electron chi connectivity index (χ1n) is 6.43. The van der Waals surface area contributed by atoms with Gasteiger partial charge in [0.2, 0.25) is 0 Å². The molecule has 0 fully saturated rings. The SMILES string of the molecule is Cc1ccc(COc2ccc(Cl)cc2C=CC(=O)O)cc1. The molecule has 0 aliphatic carbocycles. The monoisotopic (exact) mass is 302 g/mol. The zero-order chi connectivity index (χ0) is 15.2. The van der Waals surface area contributed by atoms with Crippen LogP contribution in [0, 0.1) is 6.92 Å². The van der Waals surface area contributed by atoms with Gasteiger partial charge in [0.15, 0.2) is 0 Å². The van der Waals surface area contributed by atoms with Crippen LogP contribution in [-0.2, 0) is 11.4 Å². The summed E-state index contributed by atoms with van der Waals surface area (Å²) >= 11 is 5.93. The summed E-state index contributed by atoms with van der Waals surface area (Å²) in [6, 6.07) is 13.2. The molecule has 0 saturated heterocycles. The van der Waals surface area contributed by atoms with Gasteiger partial charge in [0.25, 0.3) is 0 Å². The molecule has 0 saturated carbocycles. The minimum atomic E-state index is -1.01. The first-order chi connectivity index (χ1) is 10.0. The van der Waals surface area contributed by atoms with E-state index in [-0.39, 0.29) is 0 Å². The van der Waals surface area contributed by atoms with Gasteiger partial charge in [-0.2, -0.15) is 0 Å². The molecule has 108 valence electrons. The summed E-state index contributed by atoms with van der Waals surface area (Å²) in [5.41, 5.74) is 2.87. The van der Waals surface area contributed by atoms with Crippen molar-refractivity contribution in [2.75, 3.05) is 0 Å². The van der Waals surface area contributed by atoms with Crippen LogP contribution in [0.2, 0.25) is 5.02 Å². The number of carboxylic acid groups (broad SMARTS) is 1. The van der Waals surface area contributed by atoms with E-state index in [0.717, 1.165) is 11.6 Å². The molecule has 0 spiro atoms. The third-order valence-corrected chi connectivity index (χ3v) is 3.13. The highest BCUT2D eigenvalue weighted by molar-refractivity contribution is 6.30. The van der Waals surface area contributed by atoms with Gasteiger partial charge in [0.1, 0.15) is 12.4 Å². The van der Waals surface area contributed by atoms with E-state index in [1.807, 2.05) is 31.2 Å². The van der Waals surface area contributed by atoms with Crippen molar-refractivity contribution < 1.29 is 14.6 Å². The fourth-order valence-corrected chi connectivity index (χ4v) is 1.97. The van der Waals surface area contributed by atoms with E-state index >= 15 is 0 Å². The third kappa shape index (κ3) is 4.65. The second-order valence-electron chi connectivity index (χ2n) is 4.63. The minimum absolute atomic E-state index is 0.413. The van der Waals surface area contributed by atoms with Gasteiger partial charge in [-0.05, 0) is 36.8 Å². The van der Waals surface area contributed by atoms with E-state index in [0.29, 0.717) is 22.9 Å². The average molecular weight is 303 g/mol. The predicted molar refractivity (Wildman–Crippen MR) is 83.6 cm³/mol. The molecule has 0 unspecified atom stereocenters. The average Bonchev–Trinajstić information content (AvgIpc) is 2.45. The molecular formula is C17H15ClO3. The largest absolute Gasteiger partial charge is 0.488 e. The van der Waals surface area contributed by atoms with Gasteiger partial charge in [-0.3, -0.25) is 0 Å². The molecule has 21 heavy (non-hydrogen) atoms. The number of hydrogen-bond donors (Lipinski definition) is 1. The van der Waals surface area contributed by atoms with Gasteiger partial charge in [0.05, 0.1) is 0 Å². The molecule has 4 heteroatoms. The predicted octanol–water partition coefficient (Wildman–Crippen LogP) is 4.33. The van der Waals surface area contributed by atoms with Crippen molar-refractivity contribution in [3.8, 4) is 5.75 Å². The summed E-state index contributed by atoms with van der Waals surface area (Å²) in [4.78, 5) is 10.6. The Morgan fingerprint density at radius 2 is 1.95 bits per heavy atom. The maximum atomic E-state index is 10.6. The summed E-state index contributed by atoms with van der Waals surface area (Å²) in [6.45, 7) is 2.44. The fraction of sp³-hybridized carbons (Fsp3) is 0.118. The first-order valence-corrected chi connectivity index (χ1v) is 6.81. The van der Waals surface area contributed by atoms with Crippen molar-refractivity contribution >= 4 is 23.6 Å². The Bertz CT molecular complexity index is 660. The van der Waals surface area contributed by atoms with Crippen LogP contribution in [0.25, 0.3) is 6.08 Å². The molecule has 0 amide bonds. The standard InChI is InChI=1S/C17H15ClO3/c1-12-2-4-13(5-3-12)11-21-16-8-7-15(18)10-14(16)6-9-17(19)20/h2-10H,11H2,1H3,(H,19,20). The second-order valence-corrected chi connectivity index (χ2v) is 5.06. The Morgan fingerprint density at radius 3 is 2.62 bits per heavy atom. The highest BCUT2D eigenvalue weighted by atomic mass is 35.5. The molecule has 0 aliphatic rings. The Hall–Kier alpha value is -2.26. The third-order valence-electron chi connectivity index (χ3n) is 2.89. The Morgan fingerprint density at radius 1 is 1.24 bits per heavy atom. The van der Waals surface area contributed by atoms with Crippen molar-refractivity contribution in [1.82, 2.24) is 0 Å². The smallest absolute Gasteiger partial charge is 0.328 e. The lowest BCUT2D eigenvalue weighted by Gasteiger charge is -2.10. The summed E-state index contributed by atoms with van der Waals surface area (Å²) in [5, 5.41) is 9.24. The Kier molecular flexibility index (Phi) is 5.01. The summed E-state index contributed by atoms with van der Waals surface area (Å²) < 4.78 is 5.75. The van der Waals surface area contributed by atoms with Crippen LogP contribution in [0.4, 0.5) is 0 Å². The number of carboxylic acids is 1. The van der Waals surface area contributed by atoms with Crippen LogP contribution in [-0.4, -0.2) is 11.1 Å². The maximum absolute atomic E-state index is 10.6. The quantitative estimate of drug-likeness (QED) is 0.836. The van der Waals surface area contributed by atoms with E-state index in [2.05, 4.69) is 0 Å². The fourth-order valence-electron chi connectivity index (χ4n) is 1.79. The van der Waals surface area contributed by atoms with E-state index in [1.165, 1.54) is 11.6 Å². The summed E-state index contributed by atoms with van der Waals surface area (Å²) in [6.07, 6.45) is 2.53. The van der Waals surface area contributed by atoms with Gasteiger partial charge in [-0.1, -0.05) is 41.4 Å². The topological polar surface area (TPSA) is 46.5 Å². The number of hydrogen-bond acceptors (Lipinski definition) is 2. The normalized spacial score (nSPS) is 10.8. The first kappa shape index (κ1) is 15.1. The van der Waals surface area contributed by atoms with Gasteiger partial charge in [-0.15, -0.1) is 0 Å². The van der Waals surface area contributed by atoms with Gasteiger partial charge < -0.3 is 9.84 Å². The lowest BCUT2D eigenvalue weighted by molar-refractivity contribution is -0.131. The van der Waals surface area contributed by atoms with E-state index < -0.39 is 5.97 Å². The van der Waals surface area contributed by atoms with Gasteiger partial charge in [0, 0.05) is 16.7 Å². The van der Waals surface area contributed by atoms with Crippen molar-refractivity contribution in [2.24, 2.45) is 0 Å². The molecule has 0 aromatic heterocycles. The number of benzene rings is 2. The van der Waals surface area contributed by atoms with Gasteiger partial charge >= 0.3 is 5.97 Å². The molecule has 0 radical (unpaired) electrons. The van der Waals surface area contributed by atoms with Crippen LogP contribution in [0.5, 0.6) is 5.75 Å². The molecule has 1 N–H and O–H groups in total. The van der Waals surface area contributed by atoms with Crippen LogP contribution in [0.1, 0.15) is 16.7 Å². The van der Waals surface area contributed by atoms with E-state index in [4.69, 9.17) is 21.4 Å². The van der Waals surface area contributed by atoms with Crippen LogP contribution in [0.15, 0.2) is 48.5 Å². The molecule has 0 atom stereocenters. The molecule has 0 heterocycles. The number of aliphatic carboxylic acids is 1. The lowest BCUT2D eigenvalue weighted by Crippen LogP contribution is -1.97. The summed E-state index contributed by atoms with van der Waals surface area (Å²) in [7, 11) is 0. The van der Waals surface area contributed by atoms with Crippen LogP contribution in [0.3, 0.4) is 0 Å². The molecular weight excluding hydrogens is 288 g/mol. The van der Waals surface area contributed by atoms with Crippen molar-refractivity contribution in [1.29, 1.82) is 0 Å². The number of ether oxygens (including phenoxy) is 1. The lowest BCUT2D eigenvalue weighted by atomic mass is 10.1. The zero-order valence-corrected chi connectivity index (χ0v) is 12.3. The minimum Gasteiger partial charge on any atom is -0.488 e. The van der Waals surface area contributed by atoms with Gasteiger partial charge in [-0.25, -0.2) is 4.79 Å². The van der Waals surface area contributed by atoms with Crippen LogP contribution >= 0.6 is 11.6 Å². The molecule has 0 bridgehead atoms. The number of aryl methyl sites for hydroxylation is 1.